The molecule has 0 saturated heterocycles. The maximum atomic E-state index is 14.1. The van der Waals surface area contributed by atoms with Crippen LogP contribution >= 0.6 is 11.8 Å². The third kappa shape index (κ3) is 6.92. The van der Waals surface area contributed by atoms with Gasteiger partial charge in [0, 0.05) is 17.2 Å². The van der Waals surface area contributed by atoms with Gasteiger partial charge < -0.3 is 5.32 Å². The van der Waals surface area contributed by atoms with Crippen LogP contribution in [0.1, 0.15) is 5.56 Å². The van der Waals surface area contributed by atoms with Crippen molar-refractivity contribution in [2.24, 2.45) is 0 Å². The lowest BCUT2D eigenvalue weighted by atomic mass is 10.1. The highest BCUT2D eigenvalue weighted by molar-refractivity contribution is 7.99. The first-order chi connectivity index (χ1) is 15.0. The Hall–Kier alpha value is -2.68. The van der Waals surface area contributed by atoms with Gasteiger partial charge in [-0.05, 0) is 36.2 Å². The summed E-state index contributed by atoms with van der Waals surface area (Å²) in [6.07, 6.45) is 0.145. The van der Waals surface area contributed by atoms with Crippen LogP contribution in [0.15, 0.2) is 94.7 Å². The highest BCUT2D eigenvalue weighted by atomic mass is 32.2. The first-order valence-electron chi connectivity index (χ1n) is 9.72. The third-order valence-corrected chi connectivity index (χ3v) is 6.95. The van der Waals surface area contributed by atoms with E-state index < -0.39 is 32.7 Å². The Kier molecular flexibility index (Phi) is 8.22. The molecule has 0 aromatic heterocycles. The van der Waals surface area contributed by atoms with Crippen molar-refractivity contribution in [1.29, 1.82) is 0 Å². The summed E-state index contributed by atoms with van der Waals surface area (Å²) < 4.78 is 41.9. The molecule has 1 amide bonds. The molecule has 0 heterocycles. The second kappa shape index (κ2) is 11.1. The quantitative estimate of drug-likeness (QED) is 0.359. The molecule has 31 heavy (non-hydrogen) atoms. The van der Waals surface area contributed by atoms with Crippen molar-refractivity contribution in [3.8, 4) is 0 Å². The Morgan fingerprint density at radius 2 is 1.52 bits per heavy atom. The molecule has 3 rings (SSSR count). The number of carbonyl (C=O) groups is 1. The predicted octanol–water partition coefficient (Wildman–Crippen LogP) is 3.62. The van der Waals surface area contributed by atoms with E-state index in [1.54, 1.807) is 11.8 Å². The van der Waals surface area contributed by atoms with Crippen molar-refractivity contribution >= 4 is 27.7 Å². The second-order valence-corrected chi connectivity index (χ2v) is 9.60. The number of hydrogen-bond acceptors (Lipinski definition) is 4. The van der Waals surface area contributed by atoms with Crippen molar-refractivity contribution in [3.63, 3.8) is 0 Å². The van der Waals surface area contributed by atoms with Crippen LogP contribution in [-0.2, 0) is 21.2 Å². The molecule has 162 valence electrons. The maximum absolute atomic E-state index is 14.1. The van der Waals surface area contributed by atoms with Gasteiger partial charge in [-0.2, -0.15) is 4.72 Å². The Morgan fingerprint density at radius 1 is 0.903 bits per heavy atom. The highest BCUT2D eigenvalue weighted by Crippen LogP contribution is 2.17. The number of halogens is 1. The minimum atomic E-state index is -4.22. The van der Waals surface area contributed by atoms with E-state index in [2.05, 4.69) is 10.0 Å². The van der Waals surface area contributed by atoms with Crippen molar-refractivity contribution in [2.75, 3.05) is 12.3 Å². The van der Waals surface area contributed by atoms with Crippen molar-refractivity contribution in [2.45, 2.75) is 22.3 Å². The molecule has 1 atom stereocenters. The molecule has 2 N–H and O–H groups in total. The molecule has 0 bridgehead atoms. The fourth-order valence-electron chi connectivity index (χ4n) is 2.93. The Bertz CT molecular complexity index is 1090. The third-order valence-electron chi connectivity index (χ3n) is 4.44. The fourth-order valence-corrected chi connectivity index (χ4v) is 5.00. The smallest absolute Gasteiger partial charge is 0.244 e. The van der Waals surface area contributed by atoms with Gasteiger partial charge >= 0.3 is 0 Å². The number of rotatable bonds is 10. The first kappa shape index (κ1) is 23.0. The molecule has 5 nitrogen and oxygen atoms in total. The lowest BCUT2D eigenvalue weighted by molar-refractivity contribution is -0.122. The molecule has 8 heteroatoms. The van der Waals surface area contributed by atoms with Gasteiger partial charge in [0.15, 0.2) is 0 Å². The minimum absolute atomic E-state index is 0.145. The number of hydrogen-bond donors (Lipinski definition) is 2. The van der Waals surface area contributed by atoms with Crippen molar-refractivity contribution in [3.05, 3.63) is 96.3 Å². The Labute approximate surface area is 186 Å². The predicted molar refractivity (Wildman–Crippen MR) is 121 cm³/mol. The zero-order valence-corrected chi connectivity index (χ0v) is 18.3. The summed E-state index contributed by atoms with van der Waals surface area (Å²) in [4.78, 5) is 13.4. The normalized spacial score (nSPS) is 12.3. The fraction of sp³-hybridized carbons (Fsp3) is 0.174. The number of amides is 1. The average molecular weight is 459 g/mol. The van der Waals surface area contributed by atoms with Gasteiger partial charge in [0.1, 0.15) is 16.8 Å². The molecule has 0 saturated carbocycles. The molecule has 0 fully saturated rings. The van der Waals surface area contributed by atoms with Gasteiger partial charge in [-0.3, -0.25) is 4.79 Å². The first-order valence-corrected chi connectivity index (χ1v) is 12.2. The molecule has 1 unspecified atom stereocenters. The van der Waals surface area contributed by atoms with Crippen LogP contribution in [0.4, 0.5) is 4.39 Å². The van der Waals surface area contributed by atoms with Crippen molar-refractivity contribution < 1.29 is 17.6 Å². The van der Waals surface area contributed by atoms with Crippen LogP contribution in [0.5, 0.6) is 0 Å². The summed E-state index contributed by atoms with van der Waals surface area (Å²) >= 11 is 1.59. The van der Waals surface area contributed by atoms with Gasteiger partial charge in [0.25, 0.3) is 0 Å². The minimum Gasteiger partial charge on any atom is -0.354 e. The van der Waals surface area contributed by atoms with Crippen LogP contribution in [-0.4, -0.2) is 32.7 Å². The monoisotopic (exact) mass is 458 g/mol. The van der Waals surface area contributed by atoms with Crippen LogP contribution < -0.4 is 10.0 Å². The lowest BCUT2D eigenvalue weighted by Crippen LogP contribution is -2.48. The highest BCUT2D eigenvalue weighted by Gasteiger charge is 2.27. The summed E-state index contributed by atoms with van der Waals surface area (Å²) in [6.45, 7) is 0.366. The van der Waals surface area contributed by atoms with Crippen LogP contribution in [0.2, 0.25) is 0 Å². The molecule has 0 aliphatic heterocycles. The lowest BCUT2D eigenvalue weighted by Gasteiger charge is -2.19. The molecule has 0 aliphatic carbocycles. The van der Waals surface area contributed by atoms with E-state index >= 15 is 0 Å². The van der Waals surface area contributed by atoms with E-state index in [9.17, 15) is 17.6 Å². The van der Waals surface area contributed by atoms with Gasteiger partial charge in [-0.1, -0.05) is 60.7 Å². The van der Waals surface area contributed by atoms with E-state index in [4.69, 9.17) is 0 Å². The van der Waals surface area contributed by atoms with Crippen LogP contribution in [0.25, 0.3) is 0 Å². The molecule has 0 radical (unpaired) electrons. The van der Waals surface area contributed by atoms with Crippen molar-refractivity contribution in [1.82, 2.24) is 10.0 Å². The summed E-state index contributed by atoms with van der Waals surface area (Å²) in [7, 11) is -4.22. The van der Waals surface area contributed by atoms with E-state index in [1.807, 2.05) is 60.7 Å². The Morgan fingerprint density at radius 3 is 2.19 bits per heavy atom. The molecular weight excluding hydrogens is 435 g/mol. The maximum Gasteiger partial charge on any atom is 0.244 e. The molecule has 3 aromatic carbocycles. The van der Waals surface area contributed by atoms with E-state index in [1.165, 1.54) is 18.2 Å². The number of carbonyl (C=O) groups excluding carboxylic acids is 1. The number of nitrogens with one attached hydrogen (secondary N) is 2. The van der Waals surface area contributed by atoms with E-state index in [0.717, 1.165) is 16.5 Å². The zero-order valence-electron chi connectivity index (χ0n) is 16.7. The van der Waals surface area contributed by atoms with Gasteiger partial charge in [-0.25, -0.2) is 12.8 Å². The van der Waals surface area contributed by atoms with E-state index in [-0.39, 0.29) is 6.42 Å². The van der Waals surface area contributed by atoms with Gasteiger partial charge in [0.2, 0.25) is 15.9 Å². The number of benzene rings is 3. The SMILES string of the molecule is O=C(NCCSc1ccccc1)C(Cc1ccccc1)NS(=O)(=O)c1ccccc1F. The zero-order chi connectivity index (χ0) is 22.1. The standard InChI is InChI=1S/C23H23FN2O3S2/c24-20-13-7-8-14-22(20)31(28,29)26-21(17-18-9-3-1-4-10-18)23(27)25-15-16-30-19-11-5-2-6-12-19/h1-14,21,26H,15-17H2,(H,25,27). The molecule has 0 aliphatic rings. The Balaban J connectivity index is 1.68. The van der Waals surface area contributed by atoms with Crippen LogP contribution in [0.3, 0.4) is 0 Å². The van der Waals surface area contributed by atoms with Gasteiger partial charge in [-0.15, -0.1) is 11.8 Å². The number of thioether (sulfide) groups is 1. The topological polar surface area (TPSA) is 75.3 Å². The van der Waals surface area contributed by atoms with Crippen LogP contribution in [0, 0.1) is 5.82 Å². The summed E-state index contributed by atoms with van der Waals surface area (Å²) in [5, 5.41) is 2.78. The largest absolute Gasteiger partial charge is 0.354 e. The van der Waals surface area contributed by atoms with Gasteiger partial charge in [0.05, 0.1) is 0 Å². The summed E-state index contributed by atoms with van der Waals surface area (Å²) in [5.74, 6) is -0.695. The number of sulfonamides is 1. The molecular formula is C23H23FN2O3S2. The average Bonchev–Trinajstić information content (AvgIpc) is 2.77. The van der Waals surface area contributed by atoms with E-state index in [0.29, 0.717) is 12.3 Å². The second-order valence-electron chi connectivity index (χ2n) is 6.75. The summed E-state index contributed by atoms with van der Waals surface area (Å²) in [5.41, 5.74) is 0.789. The summed E-state index contributed by atoms with van der Waals surface area (Å²) in [6, 6.07) is 22.9. The molecule has 0 spiro atoms. The molecule has 3 aromatic rings.